The maximum atomic E-state index is 12.4. The summed E-state index contributed by atoms with van der Waals surface area (Å²) in [6.45, 7) is 2.06. The third-order valence-electron chi connectivity index (χ3n) is 3.68. The Labute approximate surface area is 134 Å². The Bertz CT molecular complexity index is 604. The molecule has 20 heavy (non-hydrogen) atoms. The van der Waals surface area contributed by atoms with Crippen molar-refractivity contribution in [2.45, 2.75) is 43.5 Å². The number of nitrogens with one attached hydrogen (secondary N) is 1. The SMILES string of the molecule is C[C@@H]1CCCC[C@@H]1NS(=O)(=O)c1cc(Cl)c(Cl)cc1Cl. The zero-order valence-corrected chi connectivity index (χ0v) is 14.1. The molecule has 0 saturated heterocycles. The fourth-order valence-corrected chi connectivity index (χ4v) is 4.84. The van der Waals surface area contributed by atoms with E-state index in [2.05, 4.69) is 11.6 Å². The van der Waals surface area contributed by atoms with Crippen LogP contribution in [0, 0.1) is 5.92 Å². The average Bonchev–Trinajstić information content (AvgIpc) is 2.36. The van der Waals surface area contributed by atoms with Gasteiger partial charge < -0.3 is 0 Å². The predicted octanol–water partition coefficient (Wildman–Crippen LogP) is 4.50. The number of sulfonamides is 1. The van der Waals surface area contributed by atoms with Crippen LogP contribution in [0.15, 0.2) is 17.0 Å². The van der Waals surface area contributed by atoms with Gasteiger partial charge in [-0.2, -0.15) is 0 Å². The summed E-state index contributed by atoms with van der Waals surface area (Å²) >= 11 is 17.7. The highest BCUT2D eigenvalue weighted by molar-refractivity contribution is 7.89. The highest BCUT2D eigenvalue weighted by Gasteiger charge is 2.28. The van der Waals surface area contributed by atoms with Crippen LogP contribution in [-0.2, 0) is 10.0 Å². The molecule has 0 unspecified atom stereocenters. The van der Waals surface area contributed by atoms with Crippen LogP contribution < -0.4 is 4.72 Å². The first-order chi connectivity index (χ1) is 9.31. The molecule has 1 aliphatic rings. The van der Waals surface area contributed by atoms with Crippen molar-refractivity contribution in [1.29, 1.82) is 0 Å². The van der Waals surface area contributed by atoms with E-state index in [0.29, 0.717) is 5.92 Å². The van der Waals surface area contributed by atoms with Gasteiger partial charge in [0, 0.05) is 6.04 Å². The molecule has 1 N–H and O–H groups in total. The first-order valence-corrected chi connectivity index (χ1v) is 9.10. The molecule has 0 aliphatic heterocycles. The van der Waals surface area contributed by atoms with Gasteiger partial charge in [0.2, 0.25) is 10.0 Å². The molecule has 0 amide bonds. The Kier molecular flexibility index (Phi) is 5.24. The standard InChI is InChI=1S/C13H16Cl3NO2S/c1-8-4-2-3-5-12(8)17-20(18,19)13-7-10(15)9(14)6-11(13)16/h6-8,12,17H,2-5H2,1H3/t8-,12+/m1/s1. The van der Waals surface area contributed by atoms with Crippen LogP contribution in [0.2, 0.25) is 15.1 Å². The quantitative estimate of drug-likeness (QED) is 0.810. The molecule has 0 spiro atoms. The van der Waals surface area contributed by atoms with Crippen LogP contribution in [0.1, 0.15) is 32.6 Å². The van der Waals surface area contributed by atoms with Crippen LogP contribution in [0.3, 0.4) is 0 Å². The van der Waals surface area contributed by atoms with Crippen LogP contribution in [0.25, 0.3) is 0 Å². The first kappa shape index (κ1) is 16.4. The third kappa shape index (κ3) is 3.60. The summed E-state index contributed by atoms with van der Waals surface area (Å²) in [6.07, 6.45) is 4.06. The molecule has 0 aromatic heterocycles. The average molecular weight is 357 g/mol. The van der Waals surface area contributed by atoms with Gasteiger partial charge in [0.15, 0.2) is 0 Å². The van der Waals surface area contributed by atoms with Crippen molar-refractivity contribution in [1.82, 2.24) is 4.72 Å². The second-order valence-electron chi connectivity index (χ2n) is 5.19. The Morgan fingerprint density at radius 2 is 1.65 bits per heavy atom. The minimum Gasteiger partial charge on any atom is -0.208 e. The molecule has 2 atom stereocenters. The zero-order chi connectivity index (χ0) is 14.9. The molecule has 1 saturated carbocycles. The molecule has 1 aliphatic carbocycles. The molecule has 0 radical (unpaired) electrons. The lowest BCUT2D eigenvalue weighted by molar-refractivity contribution is 0.310. The summed E-state index contributed by atoms with van der Waals surface area (Å²) in [6, 6.07) is 2.59. The van der Waals surface area contributed by atoms with Gasteiger partial charge in [-0.1, -0.05) is 54.6 Å². The zero-order valence-electron chi connectivity index (χ0n) is 11.0. The molecule has 2 rings (SSSR count). The lowest BCUT2D eigenvalue weighted by Gasteiger charge is -2.29. The molecule has 3 nitrogen and oxygen atoms in total. The van der Waals surface area contributed by atoms with Gasteiger partial charge >= 0.3 is 0 Å². The fraction of sp³-hybridized carbons (Fsp3) is 0.538. The van der Waals surface area contributed by atoms with Crippen LogP contribution in [0.5, 0.6) is 0 Å². The molecule has 7 heteroatoms. The number of hydrogen-bond acceptors (Lipinski definition) is 2. The van der Waals surface area contributed by atoms with E-state index in [-0.39, 0.29) is 26.0 Å². The second kappa shape index (κ2) is 6.41. The molecule has 112 valence electrons. The van der Waals surface area contributed by atoms with Crippen molar-refractivity contribution in [2.75, 3.05) is 0 Å². The monoisotopic (exact) mass is 355 g/mol. The molecule has 1 aromatic rings. The van der Waals surface area contributed by atoms with Crippen LogP contribution >= 0.6 is 34.8 Å². The van der Waals surface area contributed by atoms with Crippen molar-refractivity contribution in [3.63, 3.8) is 0 Å². The summed E-state index contributed by atoms with van der Waals surface area (Å²) in [5.74, 6) is 0.320. The Morgan fingerprint density at radius 1 is 1.05 bits per heavy atom. The summed E-state index contributed by atoms with van der Waals surface area (Å²) in [5.41, 5.74) is 0. The van der Waals surface area contributed by atoms with E-state index >= 15 is 0 Å². The van der Waals surface area contributed by atoms with Crippen molar-refractivity contribution >= 4 is 44.8 Å². The minimum atomic E-state index is -3.69. The van der Waals surface area contributed by atoms with Crippen LogP contribution in [0.4, 0.5) is 0 Å². The van der Waals surface area contributed by atoms with E-state index in [1.807, 2.05) is 0 Å². The molecule has 0 bridgehead atoms. The number of benzene rings is 1. The smallest absolute Gasteiger partial charge is 0.208 e. The summed E-state index contributed by atoms with van der Waals surface area (Å²) < 4.78 is 27.6. The minimum absolute atomic E-state index is 0.0219. The van der Waals surface area contributed by atoms with E-state index in [9.17, 15) is 8.42 Å². The Hall–Kier alpha value is -0.000000000000000111. The van der Waals surface area contributed by atoms with Gasteiger partial charge in [0.1, 0.15) is 4.90 Å². The van der Waals surface area contributed by atoms with Gasteiger partial charge in [-0.05, 0) is 30.9 Å². The number of halogens is 3. The largest absolute Gasteiger partial charge is 0.242 e. The molecular weight excluding hydrogens is 341 g/mol. The summed E-state index contributed by atoms with van der Waals surface area (Å²) in [4.78, 5) is -0.0219. The number of rotatable bonds is 3. The Morgan fingerprint density at radius 3 is 2.30 bits per heavy atom. The fourth-order valence-electron chi connectivity index (χ4n) is 2.46. The van der Waals surface area contributed by atoms with E-state index in [0.717, 1.165) is 25.7 Å². The van der Waals surface area contributed by atoms with Gasteiger partial charge in [-0.25, -0.2) is 13.1 Å². The van der Waals surface area contributed by atoms with Crippen molar-refractivity contribution in [3.05, 3.63) is 27.2 Å². The van der Waals surface area contributed by atoms with Crippen molar-refractivity contribution < 1.29 is 8.42 Å². The van der Waals surface area contributed by atoms with Gasteiger partial charge in [0.05, 0.1) is 15.1 Å². The molecule has 0 heterocycles. The van der Waals surface area contributed by atoms with E-state index < -0.39 is 10.0 Å². The topological polar surface area (TPSA) is 46.2 Å². The first-order valence-electron chi connectivity index (χ1n) is 6.48. The highest BCUT2D eigenvalue weighted by Crippen LogP contribution is 2.32. The molecule has 1 fully saturated rings. The second-order valence-corrected chi connectivity index (χ2v) is 8.09. The van der Waals surface area contributed by atoms with E-state index in [1.54, 1.807) is 0 Å². The van der Waals surface area contributed by atoms with E-state index in [4.69, 9.17) is 34.8 Å². The van der Waals surface area contributed by atoms with Crippen molar-refractivity contribution in [3.8, 4) is 0 Å². The van der Waals surface area contributed by atoms with Gasteiger partial charge in [0.25, 0.3) is 0 Å². The number of hydrogen-bond donors (Lipinski definition) is 1. The van der Waals surface area contributed by atoms with Crippen molar-refractivity contribution in [2.24, 2.45) is 5.92 Å². The normalized spacial score (nSPS) is 23.8. The summed E-state index contributed by atoms with van der Waals surface area (Å²) in [5, 5.41) is 0.491. The maximum Gasteiger partial charge on any atom is 0.242 e. The lowest BCUT2D eigenvalue weighted by atomic mass is 9.87. The molecule has 1 aromatic carbocycles. The van der Waals surface area contributed by atoms with Gasteiger partial charge in [-0.3, -0.25) is 0 Å². The third-order valence-corrected chi connectivity index (χ3v) is 6.36. The maximum absolute atomic E-state index is 12.4. The lowest BCUT2D eigenvalue weighted by Crippen LogP contribution is -2.41. The van der Waals surface area contributed by atoms with Gasteiger partial charge in [-0.15, -0.1) is 0 Å². The Balaban J connectivity index is 2.28. The molecular formula is C13H16Cl3NO2S. The summed E-state index contributed by atoms with van der Waals surface area (Å²) in [7, 11) is -3.69. The highest BCUT2D eigenvalue weighted by atomic mass is 35.5. The van der Waals surface area contributed by atoms with Crippen LogP contribution in [-0.4, -0.2) is 14.5 Å². The predicted molar refractivity (Wildman–Crippen MR) is 83.2 cm³/mol. The van der Waals surface area contributed by atoms with E-state index in [1.165, 1.54) is 12.1 Å².